The first kappa shape index (κ1) is 21.5. The maximum atomic E-state index is 13.3. The van der Waals surface area contributed by atoms with Gasteiger partial charge < -0.3 is 19.5 Å². The first-order valence-corrected chi connectivity index (χ1v) is 11.9. The lowest BCUT2D eigenvalue weighted by molar-refractivity contribution is 0.102. The summed E-state index contributed by atoms with van der Waals surface area (Å²) >= 11 is 0. The van der Waals surface area contributed by atoms with Crippen molar-refractivity contribution in [3.8, 4) is 17.2 Å². The third kappa shape index (κ3) is 4.62. The van der Waals surface area contributed by atoms with Gasteiger partial charge in [0.25, 0.3) is 5.91 Å². The third-order valence-corrected chi connectivity index (χ3v) is 7.16. The minimum absolute atomic E-state index is 0.0659. The van der Waals surface area contributed by atoms with Gasteiger partial charge in [0.05, 0.1) is 6.61 Å². The minimum atomic E-state index is -3.73. The van der Waals surface area contributed by atoms with Gasteiger partial charge in [0.15, 0.2) is 11.5 Å². The Bertz CT molecular complexity index is 1060. The van der Waals surface area contributed by atoms with Gasteiger partial charge in [0, 0.05) is 24.3 Å². The van der Waals surface area contributed by atoms with Crippen LogP contribution < -0.4 is 19.5 Å². The van der Waals surface area contributed by atoms with Crippen LogP contribution in [0.15, 0.2) is 41.3 Å². The Morgan fingerprint density at radius 2 is 1.77 bits per heavy atom. The number of anilines is 1. The zero-order valence-corrected chi connectivity index (χ0v) is 18.2. The molecule has 0 bridgehead atoms. The Balaban J connectivity index is 1.60. The van der Waals surface area contributed by atoms with Crippen LogP contribution in [0, 0.1) is 0 Å². The Kier molecular flexibility index (Phi) is 6.33. The molecule has 1 fully saturated rings. The van der Waals surface area contributed by atoms with E-state index >= 15 is 0 Å². The van der Waals surface area contributed by atoms with Crippen molar-refractivity contribution in [2.75, 3.05) is 38.2 Å². The molecule has 1 amide bonds. The number of fused-ring (bicyclic) bond motifs is 1. The summed E-state index contributed by atoms with van der Waals surface area (Å²) in [5.74, 6) is 1.02. The molecule has 0 spiro atoms. The maximum Gasteiger partial charge on any atom is 0.255 e. The van der Waals surface area contributed by atoms with Crippen LogP contribution in [0.25, 0.3) is 0 Å². The Labute approximate surface area is 182 Å². The molecule has 2 aromatic carbocycles. The predicted molar refractivity (Wildman–Crippen MR) is 116 cm³/mol. The summed E-state index contributed by atoms with van der Waals surface area (Å²) in [4.78, 5) is 12.8. The lowest BCUT2D eigenvalue weighted by Gasteiger charge is -2.27. The van der Waals surface area contributed by atoms with E-state index in [0.717, 1.165) is 19.3 Å². The largest absolute Gasteiger partial charge is 0.492 e. The summed E-state index contributed by atoms with van der Waals surface area (Å²) in [5, 5.41) is 2.78. The fourth-order valence-corrected chi connectivity index (χ4v) is 5.37. The van der Waals surface area contributed by atoms with Gasteiger partial charge in [-0.15, -0.1) is 0 Å². The lowest BCUT2D eigenvalue weighted by Crippen LogP contribution is -2.35. The molecule has 2 aliphatic heterocycles. The SMILES string of the molecule is CCOc1ccc(NC(=O)c2ccc3c(c2)OCCO3)cc1S(=O)(=O)N1CCCCC1. The van der Waals surface area contributed by atoms with E-state index in [9.17, 15) is 13.2 Å². The molecule has 166 valence electrons. The number of benzene rings is 2. The second-order valence-corrected chi connectivity index (χ2v) is 9.28. The molecule has 1 saturated heterocycles. The highest BCUT2D eigenvalue weighted by Crippen LogP contribution is 2.33. The van der Waals surface area contributed by atoms with Crippen molar-refractivity contribution in [3.63, 3.8) is 0 Å². The summed E-state index contributed by atoms with van der Waals surface area (Å²) in [7, 11) is -3.73. The molecule has 1 N–H and O–H groups in total. The molecule has 9 heteroatoms. The van der Waals surface area contributed by atoms with Crippen LogP contribution in [0.3, 0.4) is 0 Å². The molecule has 0 aromatic heterocycles. The summed E-state index contributed by atoms with van der Waals surface area (Å²) < 4.78 is 44.6. The monoisotopic (exact) mass is 446 g/mol. The van der Waals surface area contributed by atoms with Gasteiger partial charge >= 0.3 is 0 Å². The van der Waals surface area contributed by atoms with E-state index in [1.165, 1.54) is 10.4 Å². The average molecular weight is 447 g/mol. The van der Waals surface area contributed by atoms with Crippen molar-refractivity contribution in [1.29, 1.82) is 0 Å². The molecule has 0 aliphatic carbocycles. The van der Waals surface area contributed by atoms with Gasteiger partial charge in [-0.05, 0) is 56.2 Å². The number of nitrogens with zero attached hydrogens (tertiary/aromatic N) is 1. The molecule has 2 heterocycles. The number of hydrogen-bond acceptors (Lipinski definition) is 6. The van der Waals surface area contributed by atoms with Crippen LogP contribution in [-0.2, 0) is 10.0 Å². The Hall–Kier alpha value is -2.78. The Morgan fingerprint density at radius 3 is 2.52 bits per heavy atom. The maximum absolute atomic E-state index is 13.3. The third-order valence-electron chi connectivity index (χ3n) is 5.24. The highest BCUT2D eigenvalue weighted by atomic mass is 32.2. The molecule has 4 rings (SSSR count). The van der Waals surface area contributed by atoms with Gasteiger partial charge in [-0.3, -0.25) is 4.79 Å². The Morgan fingerprint density at radius 1 is 1.03 bits per heavy atom. The molecule has 8 nitrogen and oxygen atoms in total. The highest BCUT2D eigenvalue weighted by molar-refractivity contribution is 7.89. The molecular formula is C22H26N2O6S. The minimum Gasteiger partial charge on any atom is -0.492 e. The number of nitrogens with one attached hydrogen (secondary N) is 1. The molecule has 0 unspecified atom stereocenters. The molecule has 2 aromatic rings. The molecule has 0 saturated carbocycles. The second kappa shape index (κ2) is 9.15. The summed E-state index contributed by atoms with van der Waals surface area (Å²) in [5.41, 5.74) is 0.762. The molecule has 31 heavy (non-hydrogen) atoms. The van der Waals surface area contributed by atoms with Crippen molar-refractivity contribution >= 4 is 21.6 Å². The van der Waals surface area contributed by atoms with Gasteiger partial charge in [-0.2, -0.15) is 4.31 Å². The van der Waals surface area contributed by atoms with Crippen molar-refractivity contribution in [1.82, 2.24) is 4.31 Å². The number of carbonyl (C=O) groups excluding carboxylic acids is 1. The predicted octanol–water partition coefficient (Wildman–Crippen LogP) is 3.28. The van der Waals surface area contributed by atoms with E-state index in [1.54, 1.807) is 37.3 Å². The normalized spacial score (nSPS) is 16.5. The van der Waals surface area contributed by atoms with Gasteiger partial charge in [-0.1, -0.05) is 6.42 Å². The van der Waals surface area contributed by atoms with E-state index in [-0.39, 0.29) is 16.6 Å². The topological polar surface area (TPSA) is 94.2 Å². The zero-order valence-electron chi connectivity index (χ0n) is 17.4. The fraction of sp³-hybridized carbons (Fsp3) is 0.409. The molecular weight excluding hydrogens is 420 g/mol. The van der Waals surface area contributed by atoms with Crippen molar-refractivity contribution in [2.24, 2.45) is 0 Å². The number of hydrogen-bond donors (Lipinski definition) is 1. The summed E-state index contributed by atoms with van der Waals surface area (Å²) in [6.07, 6.45) is 2.70. The van der Waals surface area contributed by atoms with Crippen molar-refractivity contribution in [3.05, 3.63) is 42.0 Å². The van der Waals surface area contributed by atoms with Crippen LogP contribution in [0.4, 0.5) is 5.69 Å². The number of carbonyl (C=O) groups is 1. The van der Waals surface area contributed by atoms with Crippen molar-refractivity contribution in [2.45, 2.75) is 31.1 Å². The number of amides is 1. The smallest absolute Gasteiger partial charge is 0.255 e. The number of piperidine rings is 1. The first-order valence-electron chi connectivity index (χ1n) is 10.5. The van der Waals surface area contributed by atoms with Crippen LogP contribution in [0.1, 0.15) is 36.5 Å². The quantitative estimate of drug-likeness (QED) is 0.732. The van der Waals surface area contributed by atoms with Crippen molar-refractivity contribution < 1.29 is 27.4 Å². The van der Waals surface area contributed by atoms with Gasteiger partial charge in [0.2, 0.25) is 10.0 Å². The van der Waals surface area contributed by atoms with Gasteiger partial charge in [0.1, 0.15) is 23.9 Å². The van der Waals surface area contributed by atoms with E-state index < -0.39 is 10.0 Å². The molecule has 2 aliphatic rings. The molecule has 0 radical (unpaired) electrons. The van der Waals surface area contributed by atoms with Gasteiger partial charge in [-0.25, -0.2) is 8.42 Å². The first-order chi connectivity index (χ1) is 15.0. The number of sulfonamides is 1. The zero-order chi connectivity index (χ0) is 21.8. The number of rotatable bonds is 6. The standard InChI is InChI=1S/C22H26N2O6S/c1-2-28-19-9-7-17(15-21(19)31(26,27)24-10-4-3-5-11-24)23-22(25)16-6-8-18-20(14-16)30-13-12-29-18/h6-9,14-15H,2-5,10-13H2,1H3,(H,23,25). The highest BCUT2D eigenvalue weighted by Gasteiger charge is 2.29. The molecule has 0 atom stereocenters. The van der Waals surface area contributed by atoms with E-state index in [0.29, 0.717) is 55.7 Å². The summed E-state index contributed by atoms with van der Waals surface area (Å²) in [6.45, 7) is 4.01. The summed E-state index contributed by atoms with van der Waals surface area (Å²) in [6, 6.07) is 9.63. The lowest BCUT2D eigenvalue weighted by atomic mass is 10.1. The van der Waals surface area contributed by atoms with Crippen LogP contribution in [-0.4, -0.2) is 51.5 Å². The van der Waals surface area contributed by atoms with Crippen LogP contribution in [0.2, 0.25) is 0 Å². The van der Waals surface area contributed by atoms with Crippen LogP contribution >= 0.6 is 0 Å². The van der Waals surface area contributed by atoms with E-state index in [1.807, 2.05) is 0 Å². The number of ether oxygens (including phenoxy) is 3. The van der Waals surface area contributed by atoms with Crippen LogP contribution in [0.5, 0.6) is 17.2 Å². The fourth-order valence-electron chi connectivity index (χ4n) is 3.69. The second-order valence-electron chi connectivity index (χ2n) is 7.37. The van der Waals surface area contributed by atoms with E-state index in [4.69, 9.17) is 14.2 Å². The van der Waals surface area contributed by atoms with E-state index in [2.05, 4.69) is 5.32 Å². The average Bonchev–Trinajstić information content (AvgIpc) is 2.80.